The third-order valence-electron chi connectivity index (χ3n) is 4.12. The van der Waals surface area contributed by atoms with Crippen molar-refractivity contribution >= 4 is 35.2 Å². The number of aromatic nitrogens is 1. The van der Waals surface area contributed by atoms with Gasteiger partial charge in [-0.25, -0.2) is 14.1 Å². The molecule has 0 bridgehead atoms. The smallest absolute Gasteiger partial charge is 0.151 e. The van der Waals surface area contributed by atoms with Crippen molar-refractivity contribution in [2.24, 2.45) is 25.8 Å². The second kappa shape index (κ2) is 7.28. The van der Waals surface area contributed by atoms with Crippen molar-refractivity contribution in [2.45, 2.75) is 0 Å². The summed E-state index contributed by atoms with van der Waals surface area (Å²) in [5, 5.41) is 12.2. The van der Waals surface area contributed by atoms with Crippen molar-refractivity contribution < 1.29 is 4.39 Å². The summed E-state index contributed by atoms with van der Waals surface area (Å²) in [7, 11) is 3.24. The van der Waals surface area contributed by atoms with E-state index in [0.29, 0.717) is 33.6 Å². The molecule has 1 aromatic heterocycles. The van der Waals surface area contributed by atoms with Crippen molar-refractivity contribution in [3.8, 4) is 0 Å². The van der Waals surface area contributed by atoms with E-state index in [1.165, 1.54) is 16.8 Å². The Bertz CT molecular complexity index is 1090. The van der Waals surface area contributed by atoms with Gasteiger partial charge in [-0.3, -0.25) is 15.4 Å². The molecule has 0 saturated carbocycles. The minimum Gasteiger partial charge on any atom is -0.382 e. The molecule has 1 aliphatic rings. The van der Waals surface area contributed by atoms with Crippen LogP contribution in [0.5, 0.6) is 0 Å². The summed E-state index contributed by atoms with van der Waals surface area (Å²) in [6.07, 6.45) is 1.73. The van der Waals surface area contributed by atoms with E-state index in [9.17, 15) is 4.39 Å². The summed E-state index contributed by atoms with van der Waals surface area (Å²) in [6, 6.07) is 9.52. The van der Waals surface area contributed by atoms with Crippen LogP contribution in [0.4, 0.5) is 4.39 Å². The van der Waals surface area contributed by atoms with E-state index in [0.717, 1.165) is 0 Å². The zero-order valence-electron chi connectivity index (χ0n) is 14.9. The first kappa shape index (κ1) is 18.1. The first-order valence-electron chi connectivity index (χ1n) is 8.04. The Kier molecular flexibility index (Phi) is 4.89. The third-order valence-corrected chi connectivity index (χ3v) is 4.12. The van der Waals surface area contributed by atoms with Crippen LogP contribution in [0.15, 0.2) is 62.7 Å². The molecule has 0 spiro atoms. The molecule has 2 aromatic rings. The largest absolute Gasteiger partial charge is 0.382 e. The molecule has 7 nitrogen and oxygen atoms in total. The predicted molar refractivity (Wildman–Crippen MR) is 107 cm³/mol. The highest BCUT2D eigenvalue weighted by molar-refractivity contribution is 6.77. The average molecular weight is 363 g/mol. The molecule has 1 aliphatic heterocycles. The van der Waals surface area contributed by atoms with Crippen LogP contribution in [0.3, 0.4) is 0 Å². The quantitative estimate of drug-likeness (QED) is 0.800. The number of benzene rings is 1. The third kappa shape index (κ3) is 3.24. The minimum absolute atomic E-state index is 0.0285. The highest BCUT2D eigenvalue weighted by Gasteiger charge is 2.27. The molecule has 0 atom stereocenters. The Balaban J connectivity index is 2.37. The van der Waals surface area contributed by atoms with E-state index >= 15 is 0 Å². The van der Waals surface area contributed by atoms with Crippen LogP contribution in [0.25, 0.3) is 11.3 Å². The van der Waals surface area contributed by atoms with E-state index in [2.05, 4.69) is 26.8 Å². The van der Waals surface area contributed by atoms with Gasteiger partial charge in [-0.1, -0.05) is 0 Å². The number of rotatable bonds is 3. The standard InChI is InChI=1S/C19H18FN7/c1-23-14-9-6-12(10-27(14)25-3)15-17(11-4-7-13(20)8-5-11)26-19(22)16(21)18(15)24-2/h4-10,21H,3H2,1-2H3,(H2,22,26)/b21-16?,23-14-,24-18-. The van der Waals surface area contributed by atoms with Gasteiger partial charge < -0.3 is 5.73 Å². The second-order valence-corrected chi connectivity index (χ2v) is 5.66. The number of allylic oxidation sites excluding steroid dienone is 1. The highest BCUT2D eigenvalue weighted by Crippen LogP contribution is 2.31. The molecule has 136 valence electrons. The van der Waals surface area contributed by atoms with Gasteiger partial charge in [0, 0.05) is 43.7 Å². The Labute approximate surface area is 155 Å². The van der Waals surface area contributed by atoms with E-state index < -0.39 is 0 Å². The van der Waals surface area contributed by atoms with Crippen molar-refractivity contribution in [3.05, 3.63) is 65.0 Å². The van der Waals surface area contributed by atoms with E-state index in [4.69, 9.17) is 11.1 Å². The lowest BCUT2D eigenvalue weighted by atomic mass is 9.91. The van der Waals surface area contributed by atoms with Gasteiger partial charge in [0.15, 0.2) is 5.84 Å². The number of amidine groups is 1. The minimum atomic E-state index is -0.353. The molecule has 0 saturated heterocycles. The molecular formula is C19H18FN7. The number of halogens is 1. The molecule has 1 aromatic carbocycles. The Morgan fingerprint density at radius 2 is 1.74 bits per heavy atom. The zero-order chi connectivity index (χ0) is 19.6. The van der Waals surface area contributed by atoms with Gasteiger partial charge in [0.1, 0.15) is 17.0 Å². The van der Waals surface area contributed by atoms with Gasteiger partial charge >= 0.3 is 0 Å². The summed E-state index contributed by atoms with van der Waals surface area (Å²) in [6.45, 7) is 3.55. The summed E-state index contributed by atoms with van der Waals surface area (Å²) >= 11 is 0. The Hall–Kier alpha value is -3.68. The number of nitrogens with two attached hydrogens (primary N) is 1. The Morgan fingerprint density at radius 1 is 1.07 bits per heavy atom. The topological polar surface area (TPSA) is 104 Å². The SMILES string of the molecule is C=Nn1cc(C2=C(c3ccc(F)cc3)N=C(N)C(=N)/C2=N\C)cc/c1=N/C. The van der Waals surface area contributed by atoms with Gasteiger partial charge in [-0.15, -0.1) is 0 Å². The molecule has 27 heavy (non-hydrogen) atoms. The number of hydrogen-bond donors (Lipinski definition) is 2. The van der Waals surface area contributed by atoms with Crippen LogP contribution in [0, 0.1) is 11.2 Å². The maximum absolute atomic E-state index is 13.4. The fourth-order valence-electron chi connectivity index (χ4n) is 2.82. The molecular weight excluding hydrogens is 345 g/mol. The van der Waals surface area contributed by atoms with Crippen molar-refractivity contribution in [2.75, 3.05) is 14.1 Å². The van der Waals surface area contributed by atoms with Crippen LogP contribution in [-0.4, -0.2) is 42.7 Å². The molecule has 0 aliphatic carbocycles. The van der Waals surface area contributed by atoms with Gasteiger partial charge in [0.25, 0.3) is 0 Å². The number of hydrogen-bond acceptors (Lipinski definition) is 6. The fourth-order valence-corrected chi connectivity index (χ4v) is 2.82. The molecule has 0 radical (unpaired) electrons. The fraction of sp³-hybridized carbons (Fsp3) is 0.105. The Morgan fingerprint density at radius 3 is 2.33 bits per heavy atom. The maximum atomic E-state index is 13.4. The number of pyridine rings is 1. The highest BCUT2D eigenvalue weighted by atomic mass is 19.1. The lowest BCUT2D eigenvalue weighted by Gasteiger charge is -2.21. The predicted octanol–water partition coefficient (Wildman–Crippen LogP) is 1.95. The lowest BCUT2D eigenvalue weighted by Crippen LogP contribution is -2.34. The number of nitrogens with zero attached hydrogens (tertiary/aromatic N) is 5. The molecule has 2 heterocycles. The van der Waals surface area contributed by atoms with Crippen LogP contribution in [0.2, 0.25) is 0 Å². The van der Waals surface area contributed by atoms with E-state index in [1.54, 1.807) is 38.5 Å². The number of aliphatic imine (C=N–C) groups is 2. The van der Waals surface area contributed by atoms with Crippen LogP contribution in [-0.2, 0) is 0 Å². The molecule has 8 heteroatoms. The lowest BCUT2D eigenvalue weighted by molar-refractivity contribution is 0.627. The second-order valence-electron chi connectivity index (χ2n) is 5.66. The van der Waals surface area contributed by atoms with Gasteiger partial charge in [-0.2, -0.15) is 5.10 Å². The van der Waals surface area contributed by atoms with Crippen molar-refractivity contribution in [3.63, 3.8) is 0 Å². The van der Waals surface area contributed by atoms with Crippen molar-refractivity contribution in [1.29, 1.82) is 5.41 Å². The van der Waals surface area contributed by atoms with E-state index in [1.807, 2.05) is 6.07 Å². The van der Waals surface area contributed by atoms with Gasteiger partial charge in [0.05, 0.1) is 11.4 Å². The molecule has 3 rings (SSSR count). The number of nitrogens with one attached hydrogen (secondary N) is 1. The zero-order valence-corrected chi connectivity index (χ0v) is 14.9. The first-order valence-corrected chi connectivity index (χ1v) is 8.04. The average Bonchev–Trinajstić information content (AvgIpc) is 2.69. The molecule has 0 fully saturated rings. The van der Waals surface area contributed by atoms with Gasteiger partial charge in [0.2, 0.25) is 0 Å². The summed E-state index contributed by atoms with van der Waals surface area (Å²) in [4.78, 5) is 12.8. The van der Waals surface area contributed by atoms with Crippen LogP contribution in [0.1, 0.15) is 11.1 Å². The van der Waals surface area contributed by atoms with E-state index in [-0.39, 0.29) is 17.4 Å². The van der Waals surface area contributed by atoms with Crippen molar-refractivity contribution in [1.82, 2.24) is 4.68 Å². The maximum Gasteiger partial charge on any atom is 0.151 e. The molecule has 0 amide bonds. The normalized spacial score (nSPS) is 16.7. The van der Waals surface area contributed by atoms with Crippen LogP contribution >= 0.6 is 0 Å². The van der Waals surface area contributed by atoms with Crippen LogP contribution < -0.4 is 11.2 Å². The summed E-state index contributed by atoms with van der Waals surface area (Å²) in [5.41, 5.74) is 9.42. The van der Waals surface area contributed by atoms with Gasteiger partial charge in [-0.05, 0) is 36.4 Å². The monoisotopic (exact) mass is 363 g/mol. The first-order chi connectivity index (χ1) is 13.0. The molecule has 3 N–H and O–H groups in total. The summed E-state index contributed by atoms with van der Waals surface area (Å²) < 4.78 is 14.9. The molecule has 0 unspecified atom stereocenters. The summed E-state index contributed by atoms with van der Waals surface area (Å²) in [5.74, 6) is -0.304.